The molecule has 0 bridgehead atoms. The number of guanidine groups is 1. The number of halogens is 1. The summed E-state index contributed by atoms with van der Waals surface area (Å²) in [7, 11) is 1.82. The van der Waals surface area contributed by atoms with Crippen LogP contribution in [0, 0.1) is 12.8 Å². The molecule has 0 saturated carbocycles. The molecule has 2 saturated heterocycles. The topological polar surface area (TPSA) is 64.1 Å². The maximum atomic E-state index is 6.12. The summed E-state index contributed by atoms with van der Waals surface area (Å²) in [4.78, 5) is 4.36. The van der Waals surface area contributed by atoms with E-state index in [1.807, 2.05) is 7.05 Å². The van der Waals surface area contributed by atoms with Crippen LogP contribution in [0.1, 0.15) is 49.3 Å². The molecule has 2 heterocycles. The van der Waals surface area contributed by atoms with Gasteiger partial charge < -0.3 is 24.8 Å². The highest BCUT2D eigenvalue weighted by molar-refractivity contribution is 14.0. The Labute approximate surface area is 198 Å². The van der Waals surface area contributed by atoms with E-state index in [2.05, 4.69) is 46.8 Å². The van der Waals surface area contributed by atoms with Crippen molar-refractivity contribution in [2.45, 2.75) is 51.2 Å². The summed E-state index contributed by atoms with van der Waals surface area (Å²) >= 11 is 0. The highest BCUT2D eigenvalue weighted by Gasteiger charge is 2.27. The molecular formula is C23H38IN3O3. The van der Waals surface area contributed by atoms with E-state index in [0.717, 1.165) is 71.2 Å². The van der Waals surface area contributed by atoms with Crippen LogP contribution >= 0.6 is 24.0 Å². The van der Waals surface area contributed by atoms with E-state index in [9.17, 15) is 0 Å². The third kappa shape index (κ3) is 8.32. The Balaban J connectivity index is 0.00000320. The van der Waals surface area contributed by atoms with Crippen molar-refractivity contribution in [2.24, 2.45) is 10.9 Å². The maximum Gasteiger partial charge on any atom is 0.190 e. The van der Waals surface area contributed by atoms with Gasteiger partial charge in [-0.25, -0.2) is 0 Å². The van der Waals surface area contributed by atoms with Crippen molar-refractivity contribution < 1.29 is 14.2 Å². The van der Waals surface area contributed by atoms with Gasteiger partial charge in [0.1, 0.15) is 0 Å². The van der Waals surface area contributed by atoms with Crippen LogP contribution < -0.4 is 10.6 Å². The van der Waals surface area contributed by atoms with E-state index in [-0.39, 0.29) is 30.1 Å². The first-order valence-electron chi connectivity index (χ1n) is 11.1. The van der Waals surface area contributed by atoms with E-state index >= 15 is 0 Å². The van der Waals surface area contributed by atoms with Crippen molar-refractivity contribution in [1.29, 1.82) is 0 Å². The molecule has 2 fully saturated rings. The summed E-state index contributed by atoms with van der Waals surface area (Å²) in [5.74, 6) is 1.29. The second-order valence-corrected chi connectivity index (χ2v) is 8.05. The molecular weight excluding hydrogens is 493 g/mol. The van der Waals surface area contributed by atoms with Gasteiger partial charge in [-0.15, -0.1) is 24.0 Å². The Morgan fingerprint density at radius 1 is 1.10 bits per heavy atom. The summed E-state index contributed by atoms with van der Waals surface area (Å²) in [6.45, 7) is 7.00. The van der Waals surface area contributed by atoms with Crippen LogP contribution in [0.4, 0.5) is 0 Å². The van der Waals surface area contributed by atoms with Crippen LogP contribution in [0.3, 0.4) is 0 Å². The Morgan fingerprint density at radius 3 is 2.60 bits per heavy atom. The summed E-state index contributed by atoms with van der Waals surface area (Å²) in [5.41, 5.74) is 2.55. The number of ether oxygens (including phenoxy) is 3. The van der Waals surface area contributed by atoms with Gasteiger partial charge in [0.05, 0.1) is 18.8 Å². The van der Waals surface area contributed by atoms with E-state index in [4.69, 9.17) is 14.2 Å². The molecule has 2 aliphatic heterocycles. The molecule has 2 N–H and O–H groups in total. The number of aryl methyl sites for hydroxylation is 1. The molecule has 2 aliphatic rings. The van der Waals surface area contributed by atoms with Gasteiger partial charge in [-0.3, -0.25) is 4.99 Å². The normalized spacial score (nSPS) is 24.3. The largest absolute Gasteiger partial charge is 0.379 e. The fraction of sp³-hybridized carbons (Fsp3) is 0.696. The Morgan fingerprint density at radius 2 is 1.87 bits per heavy atom. The molecule has 0 aromatic heterocycles. The van der Waals surface area contributed by atoms with Crippen molar-refractivity contribution in [3.05, 3.63) is 35.4 Å². The molecule has 0 spiro atoms. The Hall–Kier alpha value is -0.900. The summed E-state index contributed by atoms with van der Waals surface area (Å²) in [6.07, 6.45) is 5.98. The zero-order valence-corrected chi connectivity index (χ0v) is 20.7. The van der Waals surface area contributed by atoms with Crippen molar-refractivity contribution in [2.75, 3.05) is 46.6 Å². The van der Waals surface area contributed by atoms with E-state index in [1.165, 1.54) is 17.5 Å². The molecule has 0 radical (unpaired) electrons. The number of hydrogen-bond acceptors (Lipinski definition) is 4. The predicted octanol–water partition coefficient (Wildman–Crippen LogP) is 3.83. The molecule has 3 atom stereocenters. The Kier molecular flexibility index (Phi) is 12.0. The van der Waals surface area contributed by atoms with Gasteiger partial charge in [0, 0.05) is 45.9 Å². The molecule has 0 amide bonds. The van der Waals surface area contributed by atoms with E-state index in [0.29, 0.717) is 12.0 Å². The minimum Gasteiger partial charge on any atom is -0.379 e. The number of nitrogens with zero attached hydrogens (tertiary/aromatic N) is 1. The first kappa shape index (κ1) is 25.4. The zero-order chi connectivity index (χ0) is 20.3. The van der Waals surface area contributed by atoms with Gasteiger partial charge in [0.15, 0.2) is 5.96 Å². The number of benzene rings is 1. The smallest absolute Gasteiger partial charge is 0.190 e. The second kappa shape index (κ2) is 14.2. The summed E-state index contributed by atoms with van der Waals surface area (Å²) in [6, 6.07) is 8.72. The number of hydrogen-bond donors (Lipinski definition) is 2. The van der Waals surface area contributed by atoms with Crippen molar-refractivity contribution >= 4 is 29.9 Å². The maximum absolute atomic E-state index is 6.12. The molecule has 0 aliphatic carbocycles. The van der Waals surface area contributed by atoms with Crippen LogP contribution in [-0.2, 0) is 14.2 Å². The van der Waals surface area contributed by atoms with Gasteiger partial charge >= 0.3 is 0 Å². The standard InChI is InChI=1S/C23H37N3O3.HI/c1-18-8-10-19(11-9-18)22-20(6-3-15-29-22)16-26-23(24-2)25-12-5-13-27-17-21-7-4-14-28-21;/h8-11,20-22H,3-7,12-17H2,1-2H3,(H2,24,25,26);1H. The SMILES string of the molecule is CN=C(NCCCOCC1CCCO1)NCC1CCCOC1c1ccc(C)cc1.I. The fourth-order valence-electron chi connectivity index (χ4n) is 4.00. The molecule has 170 valence electrons. The molecule has 3 unspecified atom stereocenters. The average molecular weight is 531 g/mol. The summed E-state index contributed by atoms with van der Waals surface area (Å²) in [5, 5.41) is 6.87. The molecule has 30 heavy (non-hydrogen) atoms. The second-order valence-electron chi connectivity index (χ2n) is 8.05. The van der Waals surface area contributed by atoms with Crippen molar-refractivity contribution in [1.82, 2.24) is 10.6 Å². The van der Waals surface area contributed by atoms with Gasteiger partial charge in [0.25, 0.3) is 0 Å². The third-order valence-corrected chi connectivity index (χ3v) is 5.69. The molecule has 1 aromatic carbocycles. The quantitative estimate of drug-likeness (QED) is 0.220. The number of rotatable bonds is 9. The number of nitrogens with one attached hydrogen (secondary N) is 2. The highest BCUT2D eigenvalue weighted by Crippen LogP contribution is 2.33. The Bertz CT molecular complexity index is 621. The van der Waals surface area contributed by atoms with Crippen LogP contribution in [0.5, 0.6) is 0 Å². The first-order chi connectivity index (χ1) is 14.3. The van der Waals surface area contributed by atoms with E-state index in [1.54, 1.807) is 0 Å². The lowest BCUT2D eigenvalue weighted by Crippen LogP contribution is -2.42. The lowest BCUT2D eigenvalue weighted by molar-refractivity contribution is -0.0265. The summed E-state index contributed by atoms with van der Waals surface area (Å²) < 4.78 is 17.4. The highest BCUT2D eigenvalue weighted by atomic mass is 127. The molecule has 7 heteroatoms. The lowest BCUT2D eigenvalue weighted by atomic mass is 9.89. The van der Waals surface area contributed by atoms with Gasteiger partial charge in [0.2, 0.25) is 0 Å². The number of aliphatic imine (C=N–C) groups is 1. The molecule has 1 aromatic rings. The minimum absolute atomic E-state index is 0. The predicted molar refractivity (Wildman–Crippen MR) is 132 cm³/mol. The first-order valence-corrected chi connectivity index (χ1v) is 11.1. The van der Waals surface area contributed by atoms with Crippen LogP contribution in [0.2, 0.25) is 0 Å². The lowest BCUT2D eigenvalue weighted by Gasteiger charge is -2.32. The third-order valence-electron chi connectivity index (χ3n) is 5.69. The van der Waals surface area contributed by atoms with Crippen LogP contribution in [0.15, 0.2) is 29.3 Å². The fourth-order valence-corrected chi connectivity index (χ4v) is 4.00. The van der Waals surface area contributed by atoms with Crippen molar-refractivity contribution in [3.63, 3.8) is 0 Å². The minimum atomic E-state index is 0. The van der Waals surface area contributed by atoms with Gasteiger partial charge in [-0.05, 0) is 44.6 Å². The van der Waals surface area contributed by atoms with E-state index < -0.39 is 0 Å². The molecule has 3 rings (SSSR count). The van der Waals surface area contributed by atoms with Gasteiger partial charge in [-0.2, -0.15) is 0 Å². The monoisotopic (exact) mass is 531 g/mol. The van der Waals surface area contributed by atoms with Crippen molar-refractivity contribution in [3.8, 4) is 0 Å². The van der Waals surface area contributed by atoms with Crippen LogP contribution in [-0.4, -0.2) is 58.6 Å². The van der Waals surface area contributed by atoms with Gasteiger partial charge in [-0.1, -0.05) is 29.8 Å². The molecule has 6 nitrogen and oxygen atoms in total. The van der Waals surface area contributed by atoms with Crippen LogP contribution in [0.25, 0.3) is 0 Å². The zero-order valence-electron chi connectivity index (χ0n) is 18.4. The average Bonchev–Trinajstić information content (AvgIpc) is 3.27.